The van der Waals surface area contributed by atoms with Gasteiger partial charge in [-0.05, 0) is 61.2 Å². The van der Waals surface area contributed by atoms with Crippen LogP contribution in [-0.2, 0) is 5.41 Å². The minimum Gasteiger partial charge on any atom is -0.494 e. The molecule has 4 heteroatoms. The smallest absolute Gasteiger partial charge is 0.120 e. The lowest BCUT2D eigenvalue weighted by molar-refractivity contribution is 0.340. The molecule has 0 aliphatic heterocycles. The number of fused-ring (bicyclic) bond motifs is 1. The number of aryl methyl sites for hydroxylation is 1. The first kappa shape index (κ1) is 20.1. The number of hydrogen-bond acceptors (Lipinski definition) is 3. The highest BCUT2D eigenvalue weighted by molar-refractivity contribution is 5.94. The summed E-state index contributed by atoms with van der Waals surface area (Å²) >= 11 is 0. The molecule has 1 aromatic heterocycles. The molecule has 0 atom stereocenters. The summed E-state index contributed by atoms with van der Waals surface area (Å²) in [6.07, 6.45) is 0. The summed E-state index contributed by atoms with van der Waals surface area (Å²) < 4.78 is 5.65. The third kappa shape index (κ3) is 4.47. The number of nitrogens with one attached hydrogen (secondary N) is 1. The number of ether oxygens (including phenoxy) is 1. The van der Waals surface area contributed by atoms with Gasteiger partial charge in [-0.15, -0.1) is 12.4 Å². The van der Waals surface area contributed by atoms with E-state index in [4.69, 9.17) is 4.74 Å². The Hall–Kier alpha value is -2.26. The van der Waals surface area contributed by atoms with Crippen LogP contribution in [0.1, 0.15) is 39.0 Å². The zero-order chi connectivity index (χ0) is 18.0. The first-order valence-corrected chi connectivity index (χ1v) is 8.78. The van der Waals surface area contributed by atoms with Crippen molar-refractivity contribution in [2.24, 2.45) is 0 Å². The zero-order valence-electron chi connectivity index (χ0n) is 16.1. The van der Waals surface area contributed by atoms with Crippen LogP contribution in [0.25, 0.3) is 10.9 Å². The molecule has 0 bridgehead atoms. The van der Waals surface area contributed by atoms with Crippen molar-refractivity contribution in [3.05, 3.63) is 59.8 Å². The van der Waals surface area contributed by atoms with Gasteiger partial charge in [-0.25, -0.2) is 0 Å². The van der Waals surface area contributed by atoms with Crippen LogP contribution in [0.4, 0.5) is 11.4 Å². The molecule has 3 nitrogen and oxygen atoms in total. The van der Waals surface area contributed by atoms with E-state index in [1.165, 1.54) is 5.56 Å². The Bertz CT molecular complexity index is 883. The Morgan fingerprint density at radius 1 is 1.00 bits per heavy atom. The molecular formula is C22H27ClN2O. The van der Waals surface area contributed by atoms with Gasteiger partial charge in [0.25, 0.3) is 0 Å². The van der Waals surface area contributed by atoms with Crippen LogP contribution in [0.2, 0.25) is 0 Å². The van der Waals surface area contributed by atoms with Crippen molar-refractivity contribution >= 4 is 34.7 Å². The molecule has 0 fully saturated rings. The number of pyridine rings is 1. The first-order chi connectivity index (χ1) is 11.9. The molecule has 0 saturated heterocycles. The van der Waals surface area contributed by atoms with Gasteiger partial charge in [0.1, 0.15) is 5.75 Å². The second-order valence-corrected chi connectivity index (χ2v) is 7.38. The molecule has 2 aromatic carbocycles. The lowest BCUT2D eigenvalue weighted by atomic mass is 9.87. The predicted molar refractivity (Wildman–Crippen MR) is 113 cm³/mol. The molecule has 138 valence electrons. The number of rotatable bonds is 4. The Morgan fingerprint density at radius 3 is 2.31 bits per heavy atom. The molecule has 0 spiro atoms. The predicted octanol–water partition coefficient (Wildman–Crippen LogP) is 6.40. The van der Waals surface area contributed by atoms with E-state index in [2.05, 4.69) is 67.5 Å². The molecule has 0 unspecified atom stereocenters. The van der Waals surface area contributed by atoms with Gasteiger partial charge in [-0.2, -0.15) is 0 Å². The van der Waals surface area contributed by atoms with Gasteiger partial charge in [0.15, 0.2) is 0 Å². The normalized spacial score (nSPS) is 11.1. The summed E-state index contributed by atoms with van der Waals surface area (Å²) in [5, 5.41) is 4.61. The molecule has 3 aromatic rings. The van der Waals surface area contributed by atoms with E-state index in [0.717, 1.165) is 33.7 Å². The Balaban J connectivity index is 0.00000243. The van der Waals surface area contributed by atoms with Gasteiger partial charge in [0, 0.05) is 22.5 Å². The van der Waals surface area contributed by atoms with E-state index >= 15 is 0 Å². The van der Waals surface area contributed by atoms with E-state index < -0.39 is 0 Å². The number of benzene rings is 2. The SMILES string of the molecule is CCOc1ccc2nc(C)cc(Nc3ccc(C(C)(C)C)cc3)c2c1.Cl. The molecule has 0 saturated carbocycles. The molecule has 0 amide bonds. The lowest BCUT2D eigenvalue weighted by Crippen LogP contribution is -2.10. The van der Waals surface area contributed by atoms with Gasteiger partial charge in [-0.1, -0.05) is 32.9 Å². The molecule has 0 aliphatic rings. The summed E-state index contributed by atoms with van der Waals surface area (Å²) in [5.41, 5.74) is 5.56. The Labute approximate surface area is 162 Å². The quantitative estimate of drug-likeness (QED) is 0.576. The first-order valence-electron chi connectivity index (χ1n) is 8.78. The molecule has 1 N–H and O–H groups in total. The third-order valence-electron chi connectivity index (χ3n) is 4.25. The van der Waals surface area contributed by atoms with Gasteiger partial charge in [0.05, 0.1) is 12.1 Å². The molecule has 3 rings (SSSR count). The van der Waals surface area contributed by atoms with Crippen molar-refractivity contribution < 1.29 is 4.74 Å². The number of hydrogen-bond donors (Lipinski definition) is 1. The highest BCUT2D eigenvalue weighted by Crippen LogP contribution is 2.30. The van der Waals surface area contributed by atoms with Gasteiger partial charge < -0.3 is 10.1 Å². The van der Waals surface area contributed by atoms with Crippen LogP contribution >= 0.6 is 12.4 Å². The highest BCUT2D eigenvalue weighted by Gasteiger charge is 2.13. The second-order valence-electron chi connectivity index (χ2n) is 7.38. The summed E-state index contributed by atoms with van der Waals surface area (Å²) in [5.74, 6) is 0.867. The van der Waals surface area contributed by atoms with Crippen LogP contribution in [-0.4, -0.2) is 11.6 Å². The van der Waals surface area contributed by atoms with Gasteiger partial charge >= 0.3 is 0 Å². The molecule has 26 heavy (non-hydrogen) atoms. The van der Waals surface area contributed by atoms with Gasteiger partial charge in [0.2, 0.25) is 0 Å². The fourth-order valence-corrected chi connectivity index (χ4v) is 2.91. The van der Waals surface area contributed by atoms with Crippen LogP contribution in [0.15, 0.2) is 48.5 Å². The summed E-state index contributed by atoms with van der Waals surface area (Å²) in [6.45, 7) is 11.3. The van der Waals surface area contributed by atoms with Crippen molar-refractivity contribution in [2.75, 3.05) is 11.9 Å². The van der Waals surface area contributed by atoms with Crippen LogP contribution in [0, 0.1) is 6.92 Å². The Kier molecular flexibility index (Phi) is 6.14. The fourth-order valence-electron chi connectivity index (χ4n) is 2.91. The maximum absolute atomic E-state index is 5.65. The standard InChI is InChI=1S/C22H26N2O.ClH/c1-6-25-18-11-12-20-19(14-18)21(13-15(2)23-20)24-17-9-7-16(8-10-17)22(3,4)5;/h7-14H,6H2,1-5H3,(H,23,24);1H. The molecular weight excluding hydrogens is 344 g/mol. The van der Waals surface area contributed by atoms with Crippen molar-refractivity contribution in [2.45, 2.75) is 40.0 Å². The number of nitrogens with zero attached hydrogens (tertiary/aromatic N) is 1. The maximum atomic E-state index is 5.65. The van der Waals surface area contributed by atoms with Crippen LogP contribution in [0.3, 0.4) is 0 Å². The number of aromatic nitrogens is 1. The second kappa shape index (κ2) is 7.96. The van der Waals surface area contributed by atoms with E-state index in [-0.39, 0.29) is 17.8 Å². The zero-order valence-corrected chi connectivity index (χ0v) is 16.9. The molecule has 0 radical (unpaired) electrons. The van der Waals surface area contributed by atoms with Gasteiger partial charge in [-0.3, -0.25) is 4.98 Å². The lowest BCUT2D eigenvalue weighted by Gasteiger charge is -2.19. The van der Waals surface area contributed by atoms with Crippen LogP contribution in [0.5, 0.6) is 5.75 Å². The minimum atomic E-state index is 0. The monoisotopic (exact) mass is 370 g/mol. The third-order valence-corrected chi connectivity index (χ3v) is 4.25. The number of halogens is 1. The average molecular weight is 371 g/mol. The van der Waals surface area contributed by atoms with Crippen molar-refractivity contribution in [1.29, 1.82) is 0 Å². The van der Waals surface area contributed by atoms with E-state index in [1.54, 1.807) is 0 Å². The van der Waals surface area contributed by atoms with E-state index in [1.807, 2.05) is 26.0 Å². The van der Waals surface area contributed by atoms with Crippen molar-refractivity contribution in [1.82, 2.24) is 4.98 Å². The highest BCUT2D eigenvalue weighted by atomic mass is 35.5. The average Bonchev–Trinajstić information content (AvgIpc) is 2.55. The van der Waals surface area contributed by atoms with Crippen LogP contribution < -0.4 is 10.1 Å². The topological polar surface area (TPSA) is 34.1 Å². The number of anilines is 2. The Morgan fingerprint density at radius 2 is 1.69 bits per heavy atom. The van der Waals surface area contributed by atoms with Crippen molar-refractivity contribution in [3.8, 4) is 5.75 Å². The summed E-state index contributed by atoms with van der Waals surface area (Å²) in [6, 6.07) is 16.8. The molecule has 1 heterocycles. The van der Waals surface area contributed by atoms with Crippen molar-refractivity contribution in [3.63, 3.8) is 0 Å². The minimum absolute atomic E-state index is 0. The van der Waals surface area contributed by atoms with E-state index in [9.17, 15) is 0 Å². The fraction of sp³-hybridized carbons (Fsp3) is 0.318. The molecule has 0 aliphatic carbocycles. The summed E-state index contributed by atoms with van der Waals surface area (Å²) in [7, 11) is 0. The maximum Gasteiger partial charge on any atom is 0.120 e. The summed E-state index contributed by atoms with van der Waals surface area (Å²) in [4.78, 5) is 4.63. The largest absolute Gasteiger partial charge is 0.494 e. The van der Waals surface area contributed by atoms with E-state index in [0.29, 0.717) is 6.61 Å².